The lowest BCUT2D eigenvalue weighted by Gasteiger charge is -2.17. The molecule has 31 heavy (non-hydrogen) atoms. The molecule has 0 fully saturated rings. The van der Waals surface area contributed by atoms with E-state index < -0.39 is 16.1 Å². The first-order valence-corrected chi connectivity index (χ1v) is 10.8. The average Bonchev–Trinajstić information content (AvgIpc) is 2.66. The molecular formula is C20H26N4O6S. The predicted molar refractivity (Wildman–Crippen MR) is 118 cm³/mol. The standard InChI is InChI=1S/C19H22N4O3.CH4O3S/c1-12(17(24)23(2)3)13-6-10-16(11-7-13)26-18(25)14-4-8-15(9-5-14)22-19(20)21;1-5(2,3)4/h4-12H,1-3H3,(H4,20,21,22);1H3,(H,2,3,4). The van der Waals surface area contributed by atoms with Crippen molar-refractivity contribution in [1.29, 1.82) is 5.41 Å². The molecule has 0 aliphatic heterocycles. The predicted octanol–water partition coefficient (Wildman–Crippen LogP) is 1.91. The quantitative estimate of drug-likeness (QED) is 0.176. The molecule has 11 heteroatoms. The van der Waals surface area contributed by atoms with E-state index in [9.17, 15) is 18.0 Å². The number of nitrogens with one attached hydrogen (secondary N) is 2. The highest BCUT2D eigenvalue weighted by atomic mass is 32.2. The van der Waals surface area contributed by atoms with Crippen molar-refractivity contribution < 1.29 is 27.3 Å². The van der Waals surface area contributed by atoms with Crippen LogP contribution in [0.2, 0.25) is 0 Å². The number of ether oxygens (including phenoxy) is 1. The Morgan fingerprint density at radius 2 is 1.58 bits per heavy atom. The molecule has 0 saturated carbocycles. The minimum Gasteiger partial charge on any atom is -0.423 e. The van der Waals surface area contributed by atoms with Crippen LogP contribution in [0.1, 0.15) is 28.8 Å². The van der Waals surface area contributed by atoms with E-state index in [1.165, 1.54) is 0 Å². The monoisotopic (exact) mass is 450 g/mol. The van der Waals surface area contributed by atoms with Crippen molar-refractivity contribution >= 4 is 33.6 Å². The Morgan fingerprint density at radius 1 is 1.10 bits per heavy atom. The highest BCUT2D eigenvalue weighted by Gasteiger charge is 2.17. The lowest BCUT2D eigenvalue weighted by molar-refractivity contribution is -0.129. The van der Waals surface area contributed by atoms with Gasteiger partial charge in [-0.05, 0) is 48.9 Å². The Morgan fingerprint density at radius 3 is 2.00 bits per heavy atom. The summed E-state index contributed by atoms with van der Waals surface area (Å²) in [7, 11) is -0.238. The molecular weight excluding hydrogens is 424 g/mol. The van der Waals surface area contributed by atoms with E-state index in [1.807, 2.05) is 6.92 Å². The maximum Gasteiger partial charge on any atom is 0.343 e. The number of anilines is 1. The van der Waals surface area contributed by atoms with Crippen LogP contribution in [0.4, 0.5) is 5.69 Å². The lowest BCUT2D eigenvalue weighted by Crippen LogP contribution is -2.26. The fourth-order valence-corrected chi connectivity index (χ4v) is 2.37. The second-order valence-electron chi connectivity index (χ2n) is 6.76. The molecule has 168 valence electrons. The first-order chi connectivity index (χ1) is 14.3. The van der Waals surface area contributed by atoms with E-state index in [0.717, 1.165) is 5.56 Å². The number of amides is 1. The van der Waals surface area contributed by atoms with Gasteiger partial charge in [0.2, 0.25) is 5.91 Å². The van der Waals surface area contributed by atoms with Gasteiger partial charge < -0.3 is 20.7 Å². The van der Waals surface area contributed by atoms with Gasteiger partial charge in [0.05, 0.1) is 17.7 Å². The zero-order valence-electron chi connectivity index (χ0n) is 17.6. The fourth-order valence-electron chi connectivity index (χ4n) is 2.37. The summed E-state index contributed by atoms with van der Waals surface area (Å²) in [5.41, 5.74) is 7.08. The number of rotatable bonds is 5. The molecule has 10 nitrogen and oxygen atoms in total. The molecule has 0 aliphatic rings. The molecule has 2 rings (SSSR count). The van der Waals surface area contributed by atoms with Gasteiger partial charge in [0.1, 0.15) is 5.75 Å². The number of carbonyl (C=O) groups is 2. The van der Waals surface area contributed by atoms with Crippen molar-refractivity contribution in [2.75, 3.05) is 25.7 Å². The summed E-state index contributed by atoms with van der Waals surface area (Å²) < 4.78 is 31.2. The van der Waals surface area contributed by atoms with Gasteiger partial charge in [-0.1, -0.05) is 12.1 Å². The highest BCUT2D eigenvalue weighted by molar-refractivity contribution is 7.85. The van der Waals surface area contributed by atoms with Crippen LogP contribution < -0.4 is 15.8 Å². The van der Waals surface area contributed by atoms with E-state index in [0.29, 0.717) is 23.3 Å². The van der Waals surface area contributed by atoms with Crippen LogP contribution in [0, 0.1) is 5.41 Å². The smallest absolute Gasteiger partial charge is 0.343 e. The van der Waals surface area contributed by atoms with E-state index in [2.05, 4.69) is 5.32 Å². The van der Waals surface area contributed by atoms with Gasteiger partial charge in [0.25, 0.3) is 10.1 Å². The second kappa shape index (κ2) is 11.1. The SMILES string of the molecule is CC(C(=O)N(C)C)c1ccc(OC(=O)c2ccc(NC(=N)N)cc2)cc1.CS(=O)(=O)O. The Labute approximate surface area is 181 Å². The first kappa shape index (κ1) is 25.6. The van der Waals surface area contributed by atoms with Gasteiger partial charge in [0.15, 0.2) is 5.96 Å². The van der Waals surface area contributed by atoms with Crippen LogP contribution in [0.15, 0.2) is 48.5 Å². The van der Waals surface area contributed by atoms with Crippen molar-refractivity contribution in [3.63, 3.8) is 0 Å². The number of carbonyl (C=O) groups excluding carboxylic acids is 2. The number of hydrogen-bond acceptors (Lipinski definition) is 6. The molecule has 1 unspecified atom stereocenters. The minimum atomic E-state index is -3.67. The number of guanidine groups is 1. The lowest BCUT2D eigenvalue weighted by atomic mass is 10.00. The van der Waals surface area contributed by atoms with E-state index in [1.54, 1.807) is 67.5 Å². The minimum absolute atomic E-state index is 0.00834. The number of benzene rings is 2. The normalized spacial score (nSPS) is 11.4. The molecule has 1 amide bonds. The van der Waals surface area contributed by atoms with Crippen LogP contribution in [0.5, 0.6) is 5.75 Å². The molecule has 0 heterocycles. The summed E-state index contributed by atoms with van der Waals surface area (Å²) in [5, 5.41) is 9.80. The molecule has 0 aromatic heterocycles. The van der Waals surface area contributed by atoms with Crippen LogP contribution in [-0.4, -0.2) is 56.1 Å². The van der Waals surface area contributed by atoms with Gasteiger partial charge in [0, 0.05) is 19.8 Å². The summed E-state index contributed by atoms with van der Waals surface area (Å²) in [4.78, 5) is 25.7. The fraction of sp³-hybridized carbons (Fsp3) is 0.250. The maximum atomic E-state index is 12.2. The third-order valence-electron chi connectivity index (χ3n) is 3.80. The highest BCUT2D eigenvalue weighted by Crippen LogP contribution is 2.21. The van der Waals surface area contributed by atoms with Crippen molar-refractivity contribution in [2.24, 2.45) is 5.73 Å². The maximum absolute atomic E-state index is 12.2. The Hall–Kier alpha value is -3.44. The molecule has 0 spiro atoms. The number of nitrogens with two attached hydrogens (primary N) is 1. The second-order valence-corrected chi connectivity index (χ2v) is 8.23. The molecule has 0 bridgehead atoms. The number of likely N-dealkylation sites (N-methyl/N-ethyl adjacent to an activating group) is 1. The summed E-state index contributed by atoms with van der Waals surface area (Å²) in [6.45, 7) is 1.83. The molecule has 0 saturated heterocycles. The number of nitrogens with zero attached hydrogens (tertiary/aromatic N) is 1. The summed E-state index contributed by atoms with van der Waals surface area (Å²) in [5.74, 6) is -0.536. The Kier molecular flexibility index (Phi) is 9.15. The number of esters is 1. The van der Waals surface area contributed by atoms with Crippen LogP contribution in [0.3, 0.4) is 0 Å². The number of hydrogen-bond donors (Lipinski definition) is 4. The molecule has 2 aromatic carbocycles. The van der Waals surface area contributed by atoms with E-state index >= 15 is 0 Å². The molecule has 5 N–H and O–H groups in total. The topological polar surface area (TPSA) is 163 Å². The van der Waals surface area contributed by atoms with Crippen molar-refractivity contribution in [2.45, 2.75) is 12.8 Å². The van der Waals surface area contributed by atoms with Gasteiger partial charge in [-0.3, -0.25) is 14.8 Å². The van der Waals surface area contributed by atoms with Gasteiger partial charge >= 0.3 is 5.97 Å². The van der Waals surface area contributed by atoms with Crippen molar-refractivity contribution in [3.8, 4) is 5.75 Å². The van der Waals surface area contributed by atoms with Crippen molar-refractivity contribution in [3.05, 3.63) is 59.7 Å². The van der Waals surface area contributed by atoms with Crippen LogP contribution in [0.25, 0.3) is 0 Å². The van der Waals surface area contributed by atoms with Gasteiger partial charge in [-0.25, -0.2) is 4.79 Å². The third-order valence-corrected chi connectivity index (χ3v) is 3.80. The van der Waals surface area contributed by atoms with Gasteiger partial charge in [-0.2, -0.15) is 8.42 Å². The molecule has 1 atom stereocenters. The third kappa shape index (κ3) is 9.74. The van der Waals surface area contributed by atoms with E-state index in [-0.39, 0.29) is 17.8 Å². The van der Waals surface area contributed by atoms with Gasteiger partial charge in [-0.15, -0.1) is 0 Å². The average molecular weight is 451 g/mol. The largest absolute Gasteiger partial charge is 0.423 e. The summed E-state index contributed by atoms with van der Waals surface area (Å²) in [6.07, 6.45) is 0.715. The Bertz CT molecular complexity index is 1010. The summed E-state index contributed by atoms with van der Waals surface area (Å²) >= 11 is 0. The zero-order chi connectivity index (χ0) is 23.8. The molecule has 2 aromatic rings. The molecule has 0 radical (unpaired) electrons. The zero-order valence-corrected chi connectivity index (χ0v) is 18.4. The van der Waals surface area contributed by atoms with Crippen LogP contribution in [-0.2, 0) is 14.9 Å². The Balaban J connectivity index is 0.000000861. The summed E-state index contributed by atoms with van der Waals surface area (Å²) in [6, 6.07) is 13.3. The first-order valence-electron chi connectivity index (χ1n) is 8.94. The van der Waals surface area contributed by atoms with Crippen LogP contribution >= 0.6 is 0 Å². The molecule has 0 aliphatic carbocycles. The van der Waals surface area contributed by atoms with Crippen molar-refractivity contribution in [1.82, 2.24) is 4.90 Å². The van der Waals surface area contributed by atoms with E-state index in [4.69, 9.17) is 20.4 Å².